The third kappa shape index (κ3) is 1.73. The van der Waals surface area contributed by atoms with E-state index < -0.39 is 0 Å². The number of hydrogen-bond acceptors (Lipinski definition) is 4. The van der Waals surface area contributed by atoms with Crippen LogP contribution in [0, 0.1) is 40.4 Å². The highest BCUT2D eigenvalue weighted by molar-refractivity contribution is 5.75. The maximum Gasteiger partial charge on any atom is 0.309 e. The van der Waals surface area contributed by atoms with Crippen LogP contribution in [0.3, 0.4) is 0 Å². The number of aliphatic hydroxyl groups is 1. The maximum atomic E-state index is 12.8. The van der Waals surface area contributed by atoms with Gasteiger partial charge in [0.05, 0.1) is 13.0 Å². The molecule has 27 heavy (non-hydrogen) atoms. The van der Waals surface area contributed by atoms with Crippen LogP contribution in [0.15, 0.2) is 11.1 Å². The van der Waals surface area contributed by atoms with E-state index in [9.17, 15) is 9.90 Å². The predicted molar refractivity (Wildman–Crippen MR) is 102 cm³/mol. The molecule has 1 spiro atoms. The lowest BCUT2D eigenvalue weighted by molar-refractivity contribution is -0.173. The minimum Gasteiger partial charge on any atom is -0.469 e. The number of methoxy groups -OCH3 is 1. The number of carbonyl (C=O) groups excluding carboxylic acids is 1. The minimum absolute atomic E-state index is 0.000111. The van der Waals surface area contributed by atoms with Crippen LogP contribution >= 0.6 is 0 Å². The molecular weight excluding hydrogens is 338 g/mol. The second kappa shape index (κ2) is 5.38. The molecule has 0 aromatic carbocycles. The lowest BCUT2D eigenvalue weighted by Gasteiger charge is -2.66. The van der Waals surface area contributed by atoms with Crippen molar-refractivity contribution >= 4 is 5.97 Å². The number of aliphatic hydroxyl groups excluding tert-OH is 1. The smallest absolute Gasteiger partial charge is 0.309 e. The lowest BCUT2D eigenvalue weighted by Crippen LogP contribution is -2.68. The van der Waals surface area contributed by atoms with Gasteiger partial charge in [0.1, 0.15) is 0 Å². The van der Waals surface area contributed by atoms with E-state index in [1.165, 1.54) is 38.8 Å². The Morgan fingerprint density at radius 1 is 1.26 bits per heavy atom. The number of piperidine rings is 1. The second-order valence-corrected chi connectivity index (χ2v) is 10.6. The molecule has 8 unspecified atom stereocenters. The van der Waals surface area contributed by atoms with Crippen molar-refractivity contribution in [2.24, 2.45) is 40.4 Å². The quantitative estimate of drug-likeness (QED) is 0.599. The molecule has 2 saturated carbocycles. The van der Waals surface area contributed by atoms with Crippen molar-refractivity contribution in [2.45, 2.75) is 57.9 Å². The van der Waals surface area contributed by atoms with Crippen LogP contribution in [0.25, 0.3) is 0 Å². The molecule has 2 saturated heterocycles. The zero-order chi connectivity index (χ0) is 18.6. The van der Waals surface area contributed by atoms with Crippen molar-refractivity contribution in [1.82, 2.24) is 4.90 Å². The fourth-order valence-electron chi connectivity index (χ4n) is 9.47. The van der Waals surface area contributed by atoms with Gasteiger partial charge in [0.15, 0.2) is 0 Å². The van der Waals surface area contributed by atoms with Crippen molar-refractivity contribution in [3.63, 3.8) is 0 Å². The number of esters is 1. The van der Waals surface area contributed by atoms with Gasteiger partial charge in [0.2, 0.25) is 0 Å². The van der Waals surface area contributed by atoms with Crippen LogP contribution in [0.2, 0.25) is 0 Å². The Bertz CT molecular complexity index is 731. The van der Waals surface area contributed by atoms with E-state index in [1.54, 1.807) is 18.3 Å². The summed E-state index contributed by atoms with van der Waals surface area (Å²) in [6, 6.07) is 0.544. The van der Waals surface area contributed by atoms with E-state index in [0.717, 1.165) is 31.1 Å². The standard InChI is InChI=1S/C23H33NO3/c1-13-10-24-11-15-5-3-14-4-6-17-18(21(26)27-2)9-23(19(14)17)20(24)16(13)7-8-22(15,23)12-25/h13,15-18,20,25H,3-12H2,1-2H3. The Kier molecular flexibility index (Phi) is 3.40. The van der Waals surface area contributed by atoms with E-state index in [1.807, 2.05) is 0 Å². The molecule has 1 N–H and O–H groups in total. The topological polar surface area (TPSA) is 49.8 Å². The Labute approximate surface area is 162 Å². The molecule has 4 fully saturated rings. The van der Waals surface area contributed by atoms with Crippen LogP contribution in [0.4, 0.5) is 0 Å². The van der Waals surface area contributed by atoms with Crippen molar-refractivity contribution in [3.05, 3.63) is 11.1 Å². The zero-order valence-corrected chi connectivity index (χ0v) is 16.7. The number of carbonyl (C=O) groups is 1. The molecule has 4 nitrogen and oxygen atoms in total. The van der Waals surface area contributed by atoms with Gasteiger partial charge in [-0.15, -0.1) is 0 Å². The average Bonchev–Trinajstić information content (AvgIpc) is 3.31. The molecule has 2 heterocycles. The molecule has 0 amide bonds. The first-order chi connectivity index (χ1) is 13.1. The summed E-state index contributed by atoms with van der Waals surface area (Å²) in [7, 11) is 1.56. The molecule has 0 aromatic heterocycles. The van der Waals surface area contributed by atoms with Crippen LogP contribution in [0.5, 0.6) is 0 Å². The molecule has 0 aromatic rings. The van der Waals surface area contributed by atoms with Gasteiger partial charge in [-0.1, -0.05) is 18.1 Å². The molecule has 148 valence electrons. The molecule has 4 bridgehead atoms. The summed E-state index contributed by atoms with van der Waals surface area (Å²) in [4.78, 5) is 15.6. The average molecular weight is 372 g/mol. The lowest BCUT2D eigenvalue weighted by atomic mass is 9.43. The van der Waals surface area contributed by atoms with E-state index in [-0.39, 0.29) is 22.7 Å². The van der Waals surface area contributed by atoms with Gasteiger partial charge < -0.3 is 9.84 Å². The summed E-state index contributed by atoms with van der Waals surface area (Å²) in [5.74, 6) is 2.44. The van der Waals surface area contributed by atoms with E-state index >= 15 is 0 Å². The van der Waals surface area contributed by atoms with Gasteiger partial charge in [0, 0.05) is 36.6 Å². The number of rotatable bonds is 2. The van der Waals surface area contributed by atoms with Crippen molar-refractivity contribution < 1.29 is 14.6 Å². The minimum atomic E-state index is -0.00281. The summed E-state index contributed by atoms with van der Waals surface area (Å²) in [5.41, 5.74) is 3.36. The third-order valence-electron chi connectivity index (χ3n) is 10.2. The van der Waals surface area contributed by atoms with Crippen LogP contribution < -0.4 is 0 Å². The maximum absolute atomic E-state index is 12.8. The molecule has 2 aliphatic heterocycles. The van der Waals surface area contributed by atoms with Gasteiger partial charge in [-0.3, -0.25) is 9.69 Å². The molecule has 8 atom stereocenters. The predicted octanol–water partition coefficient (Wildman–Crippen LogP) is 3.00. The summed E-state index contributed by atoms with van der Waals surface area (Å²) < 4.78 is 5.30. The Morgan fingerprint density at radius 3 is 2.85 bits per heavy atom. The molecule has 4 heteroatoms. The SMILES string of the molecule is COC(=O)C1CC23C4=C(CCC41)CCC1CN4CC(C)C(CCC12CO)C43. The summed E-state index contributed by atoms with van der Waals surface area (Å²) in [5, 5.41) is 10.9. The van der Waals surface area contributed by atoms with Crippen molar-refractivity contribution in [3.8, 4) is 0 Å². The fourth-order valence-corrected chi connectivity index (χ4v) is 9.47. The first kappa shape index (κ1) is 17.0. The van der Waals surface area contributed by atoms with Gasteiger partial charge in [-0.2, -0.15) is 0 Å². The number of hydrogen-bond donors (Lipinski definition) is 1. The summed E-state index contributed by atoms with van der Waals surface area (Å²) in [6.07, 6.45) is 8.10. The van der Waals surface area contributed by atoms with Crippen LogP contribution in [-0.2, 0) is 9.53 Å². The molecule has 4 aliphatic carbocycles. The highest BCUT2D eigenvalue weighted by Gasteiger charge is 2.75. The van der Waals surface area contributed by atoms with Gasteiger partial charge >= 0.3 is 5.97 Å². The van der Waals surface area contributed by atoms with Crippen molar-refractivity contribution in [1.29, 1.82) is 0 Å². The van der Waals surface area contributed by atoms with Crippen LogP contribution in [0.1, 0.15) is 51.9 Å². The third-order valence-corrected chi connectivity index (χ3v) is 10.2. The Balaban J connectivity index is 1.61. The van der Waals surface area contributed by atoms with E-state index in [2.05, 4.69) is 11.8 Å². The van der Waals surface area contributed by atoms with E-state index in [4.69, 9.17) is 4.74 Å². The highest BCUT2D eigenvalue weighted by Crippen LogP contribution is 2.76. The number of nitrogens with zero attached hydrogens (tertiary/aromatic N) is 1. The molecule has 0 radical (unpaired) electrons. The first-order valence-electron chi connectivity index (χ1n) is 11.2. The number of ether oxygens (including phenoxy) is 1. The molecular formula is C23H33NO3. The molecule has 6 rings (SSSR count). The van der Waals surface area contributed by atoms with Gasteiger partial charge in [-0.25, -0.2) is 0 Å². The van der Waals surface area contributed by atoms with E-state index in [0.29, 0.717) is 24.5 Å². The first-order valence-corrected chi connectivity index (χ1v) is 11.2. The fraction of sp³-hybridized carbons (Fsp3) is 0.870. The largest absolute Gasteiger partial charge is 0.469 e. The van der Waals surface area contributed by atoms with Crippen molar-refractivity contribution in [2.75, 3.05) is 26.8 Å². The Hall–Kier alpha value is -0.870. The normalized spacial score (nSPS) is 52.7. The monoisotopic (exact) mass is 371 g/mol. The highest BCUT2D eigenvalue weighted by atomic mass is 16.5. The number of allylic oxidation sites excluding steroid dienone is 1. The van der Waals surface area contributed by atoms with Crippen LogP contribution in [-0.4, -0.2) is 48.8 Å². The summed E-state index contributed by atoms with van der Waals surface area (Å²) >= 11 is 0. The molecule has 6 aliphatic rings. The summed E-state index contributed by atoms with van der Waals surface area (Å²) in [6.45, 7) is 5.13. The zero-order valence-electron chi connectivity index (χ0n) is 16.7. The Morgan fingerprint density at radius 2 is 2.07 bits per heavy atom. The second-order valence-electron chi connectivity index (χ2n) is 10.6. The van der Waals surface area contributed by atoms with Gasteiger partial charge in [0.25, 0.3) is 0 Å². The van der Waals surface area contributed by atoms with Gasteiger partial charge in [-0.05, 0) is 68.6 Å².